The number of benzene rings is 1. The van der Waals surface area contributed by atoms with Crippen LogP contribution in [0.1, 0.15) is 25.7 Å². The van der Waals surface area contributed by atoms with Crippen LogP contribution in [0, 0.1) is 0 Å². The van der Waals surface area contributed by atoms with Crippen LogP contribution in [-0.2, 0) is 9.59 Å². The molecule has 2 saturated heterocycles. The van der Waals surface area contributed by atoms with Crippen LogP contribution in [-0.4, -0.2) is 41.0 Å². The molecule has 1 aromatic carbocycles. The molecular weight excluding hydrogens is 256 g/mol. The molecule has 0 aliphatic carbocycles. The third kappa shape index (κ3) is 2.29. The fourth-order valence-electron chi connectivity index (χ4n) is 3.03. The molecular formula is C15H18N2O3. The number of phenols is 1. The summed E-state index contributed by atoms with van der Waals surface area (Å²) in [5.74, 6) is -0.289. The molecule has 20 heavy (non-hydrogen) atoms. The summed E-state index contributed by atoms with van der Waals surface area (Å²) in [4.78, 5) is 28.0. The van der Waals surface area contributed by atoms with Gasteiger partial charge in [-0.15, -0.1) is 0 Å². The summed E-state index contributed by atoms with van der Waals surface area (Å²) < 4.78 is 0. The van der Waals surface area contributed by atoms with E-state index < -0.39 is 0 Å². The van der Waals surface area contributed by atoms with E-state index in [-0.39, 0.29) is 30.0 Å². The third-order valence-corrected chi connectivity index (χ3v) is 4.04. The van der Waals surface area contributed by atoms with Crippen molar-refractivity contribution in [2.75, 3.05) is 18.0 Å². The highest BCUT2D eigenvalue weighted by molar-refractivity contribution is 6.22. The fraction of sp³-hybridized carbons (Fsp3) is 0.467. The zero-order valence-electron chi connectivity index (χ0n) is 11.3. The number of hydrogen-bond donors (Lipinski definition) is 1. The number of aromatic hydroxyl groups is 1. The summed E-state index contributed by atoms with van der Waals surface area (Å²) in [5, 5.41) is 9.50. The van der Waals surface area contributed by atoms with Gasteiger partial charge in [-0.3, -0.25) is 14.5 Å². The monoisotopic (exact) mass is 274 g/mol. The van der Waals surface area contributed by atoms with Gasteiger partial charge in [-0.1, -0.05) is 12.5 Å². The topological polar surface area (TPSA) is 60.9 Å². The Kier molecular flexibility index (Phi) is 3.44. The maximum atomic E-state index is 12.5. The van der Waals surface area contributed by atoms with Crippen molar-refractivity contribution in [3.8, 4) is 5.75 Å². The molecule has 5 nitrogen and oxygen atoms in total. The van der Waals surface area contributed by atoms with Crippen LogP contribution < -0.4 is 4.90 Å². The number of anilines is 1. The lowest BCUT2D eigenvalue weighted by atomic mass is 10.1. The molecule has 0 radical (unpaired) electrons. The van der Waals surface area contributed by atoms with E-state index in [2.05, 4.69) is 4.90 Å². The average Bonchev–Trinajstić information content (AvgIpc) is 2.75. The van der Waals surface area contributed by atoms with E-state index in [9.17, 15) is 14.7 Å². The Hall–Kier alpha value is -1.88. The van der Waals surface area contributed by atoms with Gasteiger partial charge < -0.3 is 5.11 Å². The number of carbonyl (C=O) groups is 2. The second-order valence-electron chi connectivity index (χ2n) is 5.40. The van der Waals surface area contributed by atoms with Crippen molar-refractivity contribution in [1.29, 1.82) is 0 Å². The molecule has 5 heteroatoms. The molecule has 2 aliphatic rings. The lowest BCUT2D eigenvalue weighted by Gasteiger charge is -2.30. The molecule has 1 aromatic rings. The Bertz CT molecular complexity index is 538. The normalized spacial score (nSPS) is 24.4. The number of amides is 2. The number of imide groups is 1. The lowest BCUT2D eigenvalue weighted by Crippen LogP contribution is -2.44. The van der Waals surface area contributed by atoms with E-state index in [0.717, 1.165) is 25.9 Å². The molecule has 0 aromatic heterocycles. The molecule has 3 rings (SSSR count). The first-order valence-corrected chi connectivity index (χ1v) is 7.07. The third-order valence-electron chi connectivity index (χ3n) is 4.04. The number of carbonyl (C=O) groups excluding carboxylic acids is 2. The second-order valence-corrected chi connectivity index (χ2v) is 5.40. The molecule has 2 fully saturated rings. The summed E-state index contributed by atoms with van der Waals surface area (Å²) in [6.45, 7) is 1.77. The van der Waals surface area contributed by atoms with Gasteiger partial charge in [-0.25, -0.2) is 4.90 Å². The molecule has 0 saturated carbocycles. The molecule has 2 aliphatic heterocycles. The van der Waals surface area contributed by atoms with Gasteiger partial charge in [0.05, 0.1) is 18.2 Å². The van der Waals surface area contributed by atoms with Crippen molar-refractivity contribution in [2.45, 2.75) is 31.7 Å². The van der Waals surface area contributed by atoms with Crippen molar-refractivity contribution in [2.24, 2.45) is 0 Å². The molecule has 1 atom stereocenters. The first kappa shape index (κ1) is 13.1. The number of rotatable bonds is 2. The van der Waals surface area contributed by atoms with Crippen molar-refractivity contribution in [1.82, 2.24) is 4.90 Å². The van der Waals surface area contributed by atoms with Gasteiger partial charge in [-0.2, -0.15) is 0 Å². The van der Waals surface area contributed by atoms with Crippen LogP contribution in [0.15, 0.2) is 24.3 Å². The quantitative estimate of drug-likeness (QED) is 0.830. The molecule has 1 N–H and O–H groups in total. The van der Waals surface area contributed by atoms with Crippen molar-refractivity contribution < 1.29 is 14.7 Å². The number of piperidine rings is 1. The predicted molar refractivity (Wildman–Crippen MR) is 74.4 cm³/mol. The average molecular weight is 274 g/mol. The molecule has 106 valence electrons. The van der Waals surface area contributed by atoms with Crippen molar-refractivity contribution in [3.63, 3.8) is 0 Å². The van der Waals surface area contributed by atoms with Gasteiger partial charge >= 0.3 is 0 Å². The number of hydrogen-bond acceptors (Lipinski definition) is 4. The lowest BCUT2D eigenvalue weighted by molar-refractivity contribution is -0.123. The maximum Gasteiger partial charge on any atom is 0.251 e. The van der Waals surface area contributed by atoms with Crippen LogP contribution >= 0.6 is 0 Å². The van der Waals surface area contributed by atoms with Gasteiger partial charge in [-0.05, 0) is 38.1 Å². The van der Waals surface area contributed by atoms with Crippen LogP contribution in [0.3, 0.4) is 0 Å². The Labute approximate surface area is 117 Å². The van der Waals surface area contributed by atoms with Crippen LogP contribution in [0.25, 0.3) is 0 Å². The van der Waals surface area contributed by atoms with E-state index >= 15 is 0 Å². The Morgan fingerprint density at radius 3 is 2.55 bits per heavy atom. The molecule has 1 unspecified atom stereocenters. The SMILES string of the molecule is O=C1CC(N2CCCCC2)C(=O)N1c1cccc(O)c1. The standard InChI is InChI=1S/C15H18N2O3/c18-12-6-4-5-11(9-12)17-14(19)10-13(15(17)20)16-7-2-1-3-8-16/h4-6,9,13,18H,1-3,7-8,10H2. The molecule has 2 heterocycles. The van der Waals surface area contributed by atoms with Crippen molar-refractivity contribution >= 4 is 17.5 Å². The number of likely N-dealkylation sites (tertiary alicyclic amines) is 1. The van der Waals surface area contributed by atoms with Crippen LogP contribution in [0.2, 0.25) is 0 Å². The maximum absolute atomic E-state index is 12.5. The van der Waals surface area contributed by atoms with E-state index in [1.165, 1.54) is 23.5 Å². The first-order valence-electron chi connectivity index (χ1n) is 7.07. The Morgan fingerprint density at radius 1 is 1.10 bits per heavy atom. The molecule has 0 bridgehead atoms. The summed E-state index contributed by atoms with van der Waals surface area (Å²) in [6.07, 6.45) is 3.62. The molecule has 2 amide bonds. The summed E-state index contributed by atoms with van der Waals surface area (Å²) in [7, 11) is 0. The van der Waals surface area contributed by atoms with E-state index in [1.54, 1.807) is 12.1 Å². The highest BCUT2D eigenvalue weighted by atomic mass is 16.3. The van der Waals surface area contributed by atoms with Gasteiger partial charge in [0.25, 0.3) is 5.91 Å². The zero-order chi connectivity index (χ0) is 14.1. The van der Waals surface area contributed by atoms with Gasteiger partial charge in [0.2, 0.25) is 5.91 Å². The predicted octanol–water partition coefficient (Wildman–Crippen LogP) is 1.51. The van der Waals surface area contributed by atoms with Crippen LogP contribution in [0.5, 0.6) is 5.75 Å². The van der Waals surface area contributed by atoms with E-state index in [4.69, 9.17) is 0 Å². The first-order chi connectivity index (χ1) is 9.66. The minimum Gasteiger partial charge on any atom is -0.508 e. The Morgan fingerprint density at radius 2 is 1.85 bits per heavy atom. The summed E-state index contributed by atoms with van der Waals surface area (Å²) >= 11 is 0. The highest BCUT2D eigenvalue weighted by Gasteiger charge is 2.42. The minimum absolute atomic E-state index is 0.0597. The smallest absolute Gasteiger partial charge is 0.251 e. The summed E-state index contributed by atoms with van der Waals surface area (Å²) in [5.41, 5.74) is 0.458. The zero-order valence-corrected chi connectivity index (χ0v) is 11.3. The van der Waals surface area contributed by atoms with E-state index in [1.807, 2.05) is 0 Å². The van der Waals surface area contributed by atoms with Crippen molar-refractivity contribution in [3.05, 3.63) is 24.3 Å². The van der Waals surface area contributed by atoms with Gasteiger partial charge in [0, 0.05) is 6.07 Å². The summed E-state index contributed by atoms with van der Waals surface area (Å²) in [6, 6.07) is 5.96. The fourth-order valence-corrected chi connectivity index (χ4v) is 3.03. The van der Waals surface area contributed by atoms with Crippen LogP contribution in [0.4, 0.5) is 5.69 Å². The highest BCUT2D eigenvalue weighted by Crippen LogP contribution is 2.29. The number of phenolic OH excluding ortho intramolecular Hbond substituents is 1. The number of nitrogens with zero attached hydrogens (tertiary/aromatic N) is 2. The van der Waals surface area contributed by atoms with Gasteiger partial charge in [0.15, 0.2) is 0 Å². The second kappa shape index (κ2) is 5.25. The van der Waals surface area contributed by atoms with E-state index in [0.29, 0.717) is 5.69 Å². The Balaban J connectivity index is 1.83. The molecule has 0 spiro atoms. The van der Waals surface area contributed by atoms with Gasteiger partial charge in [0.1, 0.15) is 5.75 Å². The largest absolute Gasteiger partial charge is 0.508 e. The minimum atomic E-state index is -0.329.